The second-order valence-corrected chi connectivity index (χ2v) is 29.6. The Bertz CT molecular complexity index is 3260. The molecule has 2 aromatic rings. The predicted molar refractivity (Wildman–Crippen MR) is 377 cm³/mol. The number of aliphatic hydroxyl groups excluding tert-OH is 1. The van der Waals surface area contributed by atoms with Crippen LogP contribution >= 0.6 is 0 Å². The van der Waals surface area contributed by atoms with Crippen molar-refractivity contribution >= 4 is 80.9 Å². The molecule has 29 nitrogen and oxygen atoms in total. The molecule has 101 heavy (non-hydrogen) atoms. The van der Waals surface area contributed by atoms with E-state index in [1.54, 1.807) is 115 Å². The topological polar surface area (TPSA) is 393 Å². The number of anilines is 1. The summed E-state index contributed by atoms with van der Waals surface area (Å²) < 4.78 is 45.6. The summed E-state index contributed by atoms with van der Waals surface area (Å²) in [7, 11) is 2.00. The predicted octanol–water partition coefficient (Wildman–Crippen LogP) is 3.33. The van der Waals surface area contributed by atoms with Crippen molar-refractivity contribution in [3.8, 4) is 0 Å². The second-order valence-electron chi connectivity index (χ2n) is 27.7. The minimum atomic E-state index is -3.93. The first kappa shape index (κ1) is 83.8. The van der Waals surface area contributed by atoms with Crippen molar-refractivity contribution in [1.82, 2.24) is 50.9 Å². The summed E-state index contributed by atoms with van der Waals surface area (Å²) in [6.45, 7) is 16.6. The number of nitrogens with zero attached hydrogens (tertiary/aromatic N) is 4. The number of hydrogen-bond acceptors (Lipinski definition) is 19. The molecule has 12 atom stereocenters. The normalized spacial score (nSPS) is 17.9. The number of carbonyl (C=O) groups excluding carboxylic acids is 11. The van der Waals surface area contributed by atoms with Crippen LogP contribution in [0, 0.1) is 29.6 Å². The molecular weight excluding hydrogens is 1320 g/mol. The van der Waals surface area contributed by atoms with E-state index in [9.17, 15) is 66.3 Å². The van der Waals surface area contributed by atoms with E-state index in [4.69, 9.17) is 19.9 Å². The van der Waals surface area contributed by atoms with E-state index in [1.807, 2.05) is 13.8 Å². The molecule has 30 heteroatoms. The second kappa shape index (κ2) is 40.1. The Morgan fingerprint density at radius 1 is 0.693 bits per heavy atom. The molecule has 562 valence electrons. The number of likely N-dealkylation sites (tertiary alicyclic amines) is 1. The first-order valence-corrected chi connectivity index (χ1v) is 36.7. The van der Waals surface area contributed by atoms with Crippen molar-refractivity contribution in [2.24, 2.45) is 35.3 Å². The van der Waals surface area contributed by atoms with Gasteiger partial charge in [-0.2, -0.15) is 0 Å². The summed E-state index contributed by atoms with van der Waals surface area (Å²) in [5, 5.41) is 25.6. The van der Waals surface area contributed by atoms with E-state index in [0.29, 0.717) is 81.1 Å². The molecule has 1 saturated carbocycles. The van der Waals surface area contributed by atoms with Crippen molar-refractivity contribution in [1.29, 1.82) is 0 Å². The largest absolute Gasteiger partial charge is 0.445 e. The Labute approximate surface area is 594 Å². The molecular formula is C71H110N12O17S. The van der Waals surface area contributed by atoms with Crippen molar-refractivity contribution in [2.45, 2.75) is 218 Å². The smallest absolute Gasteiger partial charge is 0.410 e. The third kappa shape index (κ3) is 25.0. The van der Waals surface area contributed by atoms with Crippen molar-refractivity contribution in [2.75, 3.05) is 53.3 Å². The van der Waals surface area contributed by atoms with E-state index in [0.717, 1.165) is 9.80 Å². The van der Waals surface area contributed by atoms with Gasteiger partial charge in [-0.1, -0.05) is 118 Å². The molecule has 10 N–H and O–H groups in total. The zero-order valence-corrected chi connectivity index (χ0v) is 61.7. The monoisotopic (exact) mass is 1430 g/mol. The fourth-order valence-electron chi connectivity index (χ4n) is 12.8. The van der Waals surface area contributed by atoms with Crippen molar-refractivity contribution in [3.05, 3.63) is 77.9 Å². The lowest BCUT2D eigenvalue weighted by Crippen LogP contribution is -2.60. The Hall–Kier alpha value is -7.90. The molecule has 11 amide bonds. The number of ether oxygens (including phenoxy) is 3. The Morgan fingerprint density at radius 3 is 1.90 bits per heavy atom. The summed E-state index contributed by atoms with van der Waals surface area (Å²) in [5.41, 5.74) is 6.99. The number of likely N-dealkylation sites (N-methyl/N-ethyl adjacent to an activating group) is 2. The van der Waals surface area contributed by atoms with Crippen molar-refractivity contribution in [3.63, 3.8) is 0 Å². The first-order chi connectivity index (χ1) is 47.7. The summed E-state index contributed by atoms with van der Waals surface area (Å²) >= 11 is 0. The van der Waals surface area contributed by atoms with Crippen LogP contribution in [0.5, 0.6) is 0 Å². The molecule has 2 aromatic carbocycles. The number of aliphatic hydroxyl groups is 1. The summed E-state index contributed by atoms with van der Waals surface area (Å²) in [6.07, 6.45) is 2.98. The van der Waals surface area contributed by atoms with Gasteiger partial charge in [-0.05, 0) is 105 Å². The van der Waals surface area contributed by atoms with Gasteiger partial charge in [-0.15, -0.1) is 0 Å². The van der Waals surface area contributed by atoms with E-state index in [2.05, 4.69) is 36.6 Å². The maximum atomic E-state index is 14.9. The molecule has 3 aliphatic rings. The van der Waals surface area contributed by atoms with Crippen LogP contribution < -0.4 is 42.4 Å². The van der Waals surface area contributed by atoms with Gasteiger partial charge in [0.05, 0.1) is 41.9 Å². The van der Waals surface area contributed by atoms with Gasteiger partial charge in [0.15, 0.2) is 6.35 Å². The van der Waals surface area contributed by atoms with Crippen LogP contribution in [0.25, 0.3) is 0 Å². The van der Waals surface area contributed by atoms with Crippen LogP contribution in [0.4, 0.5) is 10.5 Å². The summed E-state index contributed by atoms with van der Waals surface area (Å²) in [5.74, 6) is -7.58. The van der Waals surface area contributed by atoms with Crippen LogP contribution in [-0.2, 0) is 85.2 Å². The Kier molecular flexibility index (Phi) is 33.2. The van der Waals surface area contributed by atoms with Crippen molar-refractivity contribution < 1.29 is 80.5 Å². The highest BCUT2D eigenvalue weighted by Gasteiger charge is 2.45. The number of benzene rings is 2. The lowest BCUT2D eigenvalue weighted by Gasteiger charge is -2.41. The van der Waals surface area contributed by atoms with Gasteiger partial charge in [-0.25, -0.2) is 13.2 Å². The van der Waals surface area contributed by atoms with Crippen LogP contribution in [0.15, 0.2) is 66.7 Å². The lowest BCUT2D eigenvalue weighted by atomic mass is 9.89. The van der Waals surface area contributed by atoms with Gasteiger partial charge >= 0.3 is 6.09 Å². The number of amides is 11. The standard InChI is InChI=1S/C71H110N12O17S/c1-14-45(8)62(54(98-12)40-58(87)82-38-22-26-53(82)63(99-13)46(9)64(88)76-52(39-47-23-17-15-18-24-47)66(90)79-101(96,97)50-32-33-50)80(10)69(93)60(43(4)5)78-68(92)61(44(6)7)81(11)71(95)100-41-48-28-30-49(31-29-48)74-65(89)51(25-21-36-73-70(72)94)75-67(91)59(42(2)3)77-55(84)27-19-16-20-37-83-56(85)34-35-57(83)86/h15,17-18,23-24,28-31,34-35,42-46,50-54,59-63,70,73,94H,14,16,19-22,25-27,32-33,36-41,72H2,1-13H3,(H,74,89)(H,75,91)(H,76,88)(H,77,84)(H,78,92)(H,79,90)/t45-,46+,51-,52-,53-,54+,59-,60-,61-,62-,63+,70?/m0/s1. The molecule has 0 spiro atoms. The highest BCUT2D eigenvalue weighted by atomic mass is 32.2. The molecule has 2 fully saturated rings. The van der Waals surface area contributed by atoms with Gasteiger partial charge < -0.3 is 55.7 Å². The SMILES string of the molecule is CC[C@H](C)[C@@H]([C@@H](CC(=O)N1CCC[C@H]1[C@H](OC)[C@@H](C)C(=O)N[C@@H](Cc1ccccc1)C(=O)NS(=O)(=O)C1CC1)OC)N(C)C(=O)[C@@H](NC(=O)[C@H](C(C)C)N(C)C(=O)OCc1ccc(NC(=O)[C@H](CCCNC(N)O)NC(=O)[C@@H](NC(=O)CCCCCN2C(=O)C=CC2=O)C(C)C)cc1)C(C)C. The fourth-order valence-corrected chi connectivity index (χ4v) is 14.1. The zero-order chi connectivity index (χ0) is 75.0. The van der Waals surface area contributed by atoms with Gasteiger partial charge in [-0.3, -0.25) is 73.5 Å². The molecule has 0 aromatic heterocycles. The van der Waals surface area contributed by atoms with E-state index < -0.39 is 135 Å². The van der Waals surface area contributed by atoms with E-state index in [1.165, 1.54) is 38.3 Å². The number of sulfonamides is 1. The maximum absolute atomic E-state index is 14.9. The molecule has 0 bridgehead atoms. The number of nitrogens with two attached hydrogens (primary N) is 1. The maximum Gasteiger partial charge on any atom is 0.410 e. The highest BCUT2D eigenvalue weighted by molar-refractivity contribution is 7.91. The van der Waals surface area contributed by atoms with Crippen LogP contribution in [0.2, 0.25) is 0 Å². The number of hydrogen-bond donors (Lipinski definition) is 9. The third-order valence-corrected chi connectivity index (χ3v) is 20.7. The number of nitrogens with one attached hydrogen (secondary N) is 7. The molecule has 1 aliphatic carbocycles. The van der Waals surface area contributed by atoms with Crippen LogP contribution in [0.1, 0.15) is 150 Å². The van der Waals surface area contributed by atoms with Gasteiger partial charge in [0.2, 0.25) is 51.4 Å². The first-order valence-electron chi connectivity index (χ1n) is 35.2. The third-order valence-electron chi connectivity index (χ3n) is 18.9. The van der Waals surface area contributed by atoms with Crippen LogP contribution in [0.3, 0.4) is 0 Å². The number of unbranched alkanes of at least 4 members (excludes halogenated alkanes) is 2. The Morgan fingerprint density at radius 2 is 1.33 bits per heavy atom. The van der Waals surface area contributed by atoms with Gasteiger partial charge in [0.1, 0.15) is 36.8 Å². The molecule has 0 radical (unpaired) electrons. The average Bonchev–Trinajstić information content (AvgIpc) is 1.79. The Balaban J connectivity index is 1.19. The number of imide groups is 1. The number of methoxy groups -OCH3 is 2. The fraction of sp³-hybridized carbons (Fsp3) is 0.648. The number of carbonyl (C=O) groups is 11. The lowest BCUT2D eigenvalue weighted by molar-refractivity contribution is -0.148. The highest BCUT2D eigenvalue weighted by Crippen LogP contribution is 2.31. The minimum Gasteiger partial charge on any atom is -0.445 e. The zero-order valence-electron chi connectivity index (χ0n) is 60.9. The summed E-state index contributed by atoms with van der Waals surface area (Å²) in [6, 6.07) is 8.45. The molecule has 2 heterocycles. The van der Waals surface area contributed by atoms with Gasteiger partial charge in [0.25, 0.3) is 17.7 Å². The van der Waals surface area contributed by atoms with Gasteiger partial charge in [0, 0.05) is 72.1 Å². The number of rotatable bonds is 42. The van der Waals surface area contributed by atoms with E-state index in [-0.39, 0.29) is 80.8 Å². The van der Waals surface area contributed by atoms with Crippen LogP contribution in [-0.4, -0.2) is 212 Å². The quantitative estimate of drug-likeness (QED) is 0.0261. The summed E-state index contributed by atoms with van der Waals surface area (Å²) in [4.78, 5) is 155. The minimum absolute atomic E-state index is 0.0174. The molecule has 1 unspecified atom stereocenters. The molecule has 5 rings (SSSR count). The van der Waals surface area contributed by atoms with E-state index >= 15 is 0 Å². The molecule has 2 aliphatic heterocycles. The average molecular weight is 1440 g/mol. The molecule has 1 saturated heterocycles.